The zero-order valence-corrected chi connectivity index (χ0v) is 7.41. The number of rotatable bonds is 0. The normalized spacial score (nSPS) is 28.0. The topological polar surface area (TPSA) is 0 Å². The Bertz CT molecular complexity index is 180. The molecule has 1 saturated carbocycles. The SMILES string of the molecule is C=C1C(=C)C(C)(C)C1(C)C. The second-order valence-corrected chi connectivity index (χ2v) is 4.21. The van der Waals surface area contributed by atoms with Gasteiger partial charge < -0.3 is 0 Å². The Balaban J connectivity index is 3.04. The molecule has 0 bridgehead atoms. The molecule has 0 saturated heterocycles. The van der Waals surface area contributed by atoms with Crippen LogP contribution in [0.5, 0.6) is 0 Å². The molecule has 0 heterocycles. The summed E-state index contributed by atoms with van der Waals surface area (Å²) in [6.07, 6.45) is 0. The molecule has 0 unspecified atom stereocenters. The van der Waals surface area contributed by atoms with E-state index in [-0.39, 0.29) is 10.8 Å². The predicted molar refractivity (Wildman–Crippen MR) is 45.8 cm³/mol. The maximum Gasteiger partial charge on any atom is -0.00153 e. The van der Waals surface area contributed by atoms with Gasteiger partial charge in [-0.2, -0.15) is 0 Å². The van der Waals surface area contributed by atoms with E-state index in [1.807, 2.05) is 0 Å². The van der Waals surface area contributed by atoms with Crippen LogP contribution in [0.15, 0.2) is 24.3 Å². The molecular weight excluding hydrogens is 120 g/mol. The van der Waals surface area contributed by atoms with Gasteiger partial charge in [0.05, 0.1) is 0 Å². The van der Waals surface area contributed by atoms with Gasteiger partial charge in [-0.05, 0) is 22.0 Å². The van der Waals surface area contributed by atoms with Gasteiger partial charge in [-0.25, -0.2) is 0 Å². The Hall–Kier alpha value is -0.520. The second-order valence-electron chi connectivity index (χ2n) is 4.21. The zero-order valence-electron chi connectivity index (χ0n) is 7.41. The van der Waals surface area contributed by atoms with Crippen LogP contribution in [0.2, 0.25) is 0 Å². The van der Waals surface area contributed by atoms with Gasteiger partial charge in [0, 0.05) is 0 Å². The minimum Gasteiger partial charge on any atom is -0.0950 e. The van der Waals surface area contributed by atoms with Crippen LogP contribution in [0.25, 0.3) is 0 Å². The molecule has 0 aromatic heterocycles. The second kappa shape index (κ2) is 1.55. The van der Waals surface area contributed by atoms with Crippen molar-refractivity contribution in [3.63, 3.8) is 0 Å². The van der Waals surface area contributed by atoms with Crippen LogP contribution in [0, 0.1) is 10.8 Å². The average molecular weight is 136 g/mol. The first kappa shape index (κ1) is 7.59. The van der Waals surface area contributed by atoms with E-state index in [1.165, 1.54) is 11.1 Å². The van der Waals surface area contributed by atoms with E-state index in [1.54, 1.807) is 0 Å². The van der Waals surface area contributed by atoms with Crippen molar-refractivity contribution in [2.75, 3.05) is 0 Å². The van der Waals surface area contributed by atoms with Crippen molar-refractivity contribution in [2.24, 2.45) is 10.8 Å². The molecule has 0 aromatic rings. The van der Waals surface area contributed by atoms with Gasteiger partial charge in [0.2, 0.25) is 0 Å². The molecule has 0 amide bonds. The highest BCUT2D eigenvalue weighted by Gasteiger charge is 2.52. The van der Waals surface area contributed by atoms with E-state index >= 15 is 0 Å². The van der Waals surface area contributed by atoms with Crippen LogP contribution in [-0.4, -0.2) is 0 Å². The highest BCUT2D eigenvalue weighted by molar-refractivity contribution is 5.49. The van der Waals surface area contributed by atoms with Crippen LogP contribution in [0.1, 0.15) is 27.7 Å². The van der Waals surface area contributed by atoms with Crippen molar-refractivity contribution in [1.29, 1.82) is 0 Å². The lowest BCUT2D eigenvalue weighted by Crippen LogP contribution is -2.46. The van der Waals surface area contributed by atoms with Crippen LogP contribution in [0.4, 0.5) is 0 Å². The van der Waals surface area contributed by atoms with Gasteiger partial charge in [-0.15, -0.1) is 0 Å². The third kappa shape index (κ3) is 0.524. The van der Waals surface area contributed by atoms with Gasteiger partial charge in [-0.3, -0.25) is 0 Å². The van der Waals surface area contributed by atoms with Crippen molar-refractivity contribution in [3.05, 3.63) is 24.3 Å². The summed E-state index contributed by atoms with van der Waals surface area (Å²) in [6.45, 7) is 16.9. The molecule has 0 aliphatic heterocycles. The number of hydrogen-bond donors (Lipinski definition) is 0. The minimum absolute atomic E-state index is 0.254. The van der Waals surface area contributed by atoms with Crippen LogP contribution >= 0.6 is 0 Å². The quantitative estimate of drug-likeness (QED) is 0.480. The summed E-state index contributed by atoms with van der Waals surface area (Å²) in [7, 11) is 0. The lowest BCUT2D eigenvalue weighted by Gasteiger charge is -2.56. The molecule has 1 rings (SSSR count). The Kier molecular flexibility index (Phi) is 1.18. The van der Waals surface area contributed by atoms with Crippen molar-refractivity contribution >= 4 is 0 Å². The third-order valence-electron chi connectivity index (χ3n) is 3.44. The van der Waals surface area contributed by atoms with Gasteiger partial charge in [-0.1, -0.05) is 40.9 Å². The smallest absolute Gasteiger partial charge is 0.00153 e. The van der Waals surface area contributed by atoms with Crippen molar-refractivity contribution in [1.82, 2.24) is 0 Å². The van der Waals surface area contributed by atoms with E-state index in [2.05, 4.69) is 40.9 Å². The molecule has 0 N–H and O–H groups in total. The average Bonchev–Trinajstić information content (AvgIpc) is 1.84. The molecule has 1 aliphatic carbocycles. The van der Waals surface area contributed by atoms with Gasteiger partial charge in [0.15, 0.2) is 0 Å². The summed E-state index contributed by atoms with van der Waals surface area (Å²) < 4.78 is 0. The summed E-state index contributed by atoms with van der Waals surface area (Å²) in [5.74, 6) is 0. The van der Waals surface area contributed by atoms with Crippen molar-refractivity contribution in [3.8, 4) is 0 Å². The van der Waals surface area contributed by atoms with E-state index < -0.39 is 0 Å². The van der Waals surface area contributed by atoms with Gasteiger partial charge >= 0.3 is 0 Å². The molecule has 0 radical (unpaired) electrons. The first-order chi connectivity index (χ1) is 4.32. The van der Waals surface area contributed by atoms with E-state index in [0.29, 0.717) is 0 Å². The number of allylic oxidation sites excluding steroid dienone is 2. The van der Waals surface area contributed by atoms with Crippen molar-refractivity contribution in [2.45, 2.75) is 27.7 Å². The molecule has 0 atom stereocenters. The summed E-state index contributed by atoms with van der Waals surface area (Å²) in [5, 5.41) is 0. The predicted octanol–water partition coefficient (Wildman–Crippen LogP) is 3.16. The molecule has 1 fully saturated rings. The molecule has 1 aliphatic rings. The minimum atomic E-state index is 0.254. The monoisotopic (exact) mass is 136 g/mol. The summed E-state index contributed by atoms with van der Waals surface area (Å²) in [4.78, 5) is 0. The summed E-state index contributed by atoms with van der Waals surface area (Å²) in [5.41, 5.74) is 2.95. The highest BCUT2D eigenvalue weighted by atomic mass is 14.6. The molecule has 0 heteroatoms. The molecular formula is C10H16. The van der Waals surface area contributed by atoms with Crippen LogP contribution in [-0.2, 0) is 0 Å². The number of hydrogen-bond acceptors (Lipinski definition) is 0. The molecule has 0 aromatic carbocycles. The Morgan fingerprint density at radius 1 is 0.800 bits per heavy atom. The standard InChI is InChI=1S/C10H16/c1-7-8(2)10(5,6)9(7,3)4/h1-2H2,3-6H3. The fraction of sp³-hybridized carbons (Fsp3) is 0.600. The van der Waals surface area contributed by atoms with Gasteiger partial charge in [0.1, 0.15) is 0 Å². The first-order valence-corrected chi connectivity index (χ1v) is 3.71. The first-order valence-electron chi connectivity index (χ1n) is 3.71. The summed E-state index contributed by atoms with van der Waals surface area (Å²) >= 11 is 0. The van der Waals surface area contributed by atoms with Crippen molar-refractivity contribution < 1.29 is 0 Å². The maximum atomic E-state index is 3.99. The highest BCUT2D eigenvalue weighted by Crippen LogP contribution is 2.61. The zero-order chi connectivity index (χ0) is 8.15. The molecule has 0 spiro atoms. The Morgan fingerprint density at radius 2 is 1.00 bits per heavy atom. The van der Waals surface area contributed by atoms with E-state index in [0.717, 1.165) is 0 Å². The molecule has 0 nitrogen and oxygen atoms in total. The maximum absolute atomic E-state index is 3.99. The Labute approximate surface area is 63.6 Å². The third-order valence-corrected chi connectivity index (χ3v) is 3.44. The largest absolute Gasteiger partial charge is 0.0950 e. The lowest BCUT2D eigenvalue weighted by molar-refractivity contribution is 0.140. The van der Waals surface area contributed by atoms with Crippen LogP contribution < -0.4 is 0 Å². The molecule has 56 valence electrons. The van der Waals surface area contributed by atoms with Crippen LogP contribution in [0.3, 0.4) is 0 Å². The van der Waals surface area contributed by atoms with E-state index in [9.17, 15) is 0 Å². The fourth-order valence-electron chi connectivity index (χ4n) is 1.45. The molecule has 10 heavy (non-hydrogen) atoms. The summed E-state index contributed by atoms with van der Waals surface area (Å²) in [6, 6.07) is 0. The fourth-order valence-corrected chi connectivity index (χ4v) is 1.45. The Morgan fingerprint density at radius 3 is 1.10 bits per heavy atom. The van der Waals surface area contributed by atoms with Gasteiger partial charge in [0.25, 0.3) is 0 Å². The lowest BCUT2D eigenvalue weighted by atomic mass is 9.48. The van der Waals surface area contributed by atoms with E-state index in [4.69, 9.17) is 0 Å².